The maximum absolute atomic E-state index is 12.1. The second kappa shape index (κ2) is 8.24. The third-order valence-corrected chi connectivity index (χ3v) is 3.86. The smallest absolute Gasteiger partial charge is 0.313 e. The van der Waals surface area contributed by atoms with Crippen molar-refractivity contribution in [2.45, 2.75) is 26.2 Å². The van der Waals surface area contributed by atoms with Crippen LogP contribution in [-0.2, 0) is 16.0 Å². The first kappa shape index (κ1) is 17.7. The van der Waals surface area contributed by atoms with Crippen LogP contribution < -0.4 is 5.32 Å². The quantitative estimate of drug-likeness (QED) is 0.860. The fraction of sp³-hybridized carbons (Fsp3) is 0.316. The molecular weight excluding hydrogens is 302 g/mol. The first-order chi connectivity index (χ1) is 11.5. The summed E-state index contributed by atoms with van der Waals surface area (Å²) in [5, 5.41) is 2.65. The summed E-state index contributed by atoms with van der Waals surface area (Å²) in [6.45, 7) is 4.69. The van der Waals surface area contributed by atoms with Crippen LogP contribution in [0.2, 0.25) is 0 Å². The predicted octanol–water partition coefficient (Wildman–Crippen LogP) is 2.84. The highest BCUT2D eigenvalue weighted by Crippen LogP contribution is 2.17. The highest BCUT2D eigenvalue weighted by atomic mass is 16.2. The van der Waals surface area contributed by atoms with Gasteiger partial charge in [-0.1, -0.05) is 26.0 Å². The number of anilines is 1. The molecule has 1 heterocycles. The first-order valence-electron chi connectivity index (χ1n) is 8.02. The van der Waals surface area contributed by atoms with E-state index in [2.05, 4.69) is 24.1 Å². The fourth-order valence-electron chi connectivity index (χ4n) is 2.26. The van der Waals surface area contributed by atoms with E-state index in [-0.39, 0.29) is 0 Å². The van der Waals surface area contributed by atoms with Gasteiger partial charge in [-0.2, -0.15) is 0 Å². The monoisotopic (exact) mass is 325 g/mol. The van der Waals surface area contributed by atoms with E-state index >= 15 is 0 Å². The summed E-state index contributed by atoms with van der Waals surface area (Å²) in [6, 6.07) is 11.3. The summed E-state index contributed by atoms with van der Waals surface area (Å²) in [4.78, 5) is 29.6. The molecule has 0 saturated heterocycles. The van der Waals surface area contributed by atoms with Crippen LogP contribution in [0.4, 0.5) is 5.69 Å². The molecule has 0 unspecified atom stereocenters. The number of aromatic nitrogens is 1. The van der Waals surface area contributed by atoms with Crippen molar-refractivity contribution in [3.63, 3.8) is 0 Å². The Kier molecular flexibility index (Phi) is 6.07. The number of nitrogens with one attached hydrogen (secondary N) is 1. The molecule has 126 valence electrons. The van der Waals surface area contributed by atoms with Gasteiger partial charge in [0.05, 0.1) is 0 Å². The molecule has 0 radical (unpaired) electrons. The van der Waals surface area contributed by atoms with Crippen molar-refractivity contribution in [1.82, 2.24) is 9.88 Å². The minimum absolute atomic E-state index is 0.427. The molecule has 2 aromatic rings. The van der Waals surface area contributed by atoms with E-state index in [0.717, 1.165) is 5.56 Å². The maximum atomic E-state index is 12.1. The molecular formula is C19H23N3O2. The van der Waals surface area contributed by atoms with Gasteiger partial charge in [-0.25, -0.2) is 0 Å². The van der Waals surface area contributed by atoms with Gasteiger partial charge < -0.3 is 10.2 Å². The summed E-state index contributed by atoms with van der Waals surface area (Å²) in [6.07, 6.45) is 4.11. The van der Waals surface area contributed by atoms with Crippen molar-refractivity contribution in [2.24, 2.45) is 0 Å². The van der Waals surface area contributed by atoms with Gasteiger partial charge in [0.25, 0.3) is 0 Å². The number of carbonyl (C=O) groups excluding carboxylic acids is 2. The average Bonchev–Trinajstić information content (AvgIpc) is 2.60. The van der Waals surface area contributed by atoms with Gasteiger partial charge in [-0.3, -0.25) is 14.6 Å². The van der Waals surface area contributed by atoms with E-state index in [9.17, 15) is 9.59 Å². The highest BCUT2D eigenvalue weighted by molar-refractivity contribution is 6.39. The summed E-state index contributed by atoms with van der Waals surface area (Å²) in [5.41, 5.74) is 2.89. The molecule has 5 nitrogen and oxygen atoms in total. The lowest BCUT2D eigenvalue weighted by Crippen LogP contribution is -2.38. The predicted molar refractivity (Wildman–Crippen MR) is 94.7 cm³/mol. The highest BCUT2D eigenvalue weighted by Gasteiger charge is 2.18. The number of hydrogen-bond donors (Lipinski definition) is 1. The molecule has 1 aromatic carbocycles. The van der Waals surface area contributed by atoms with Crippen molar-refractivity contribution in [1.29, 1.82) is 0 Å². The Morgan fingerprint density at radius 1 is 1.08 bits per heavy atom. The number of benzene rings is 1. The lowest BCUT2D eigenvalue weighted by molar-refractivity contribution is -0.142. The van der Waals surface area contributed by atoms with Crippen LogP contribution in [-0.4, -0.2) is 35.3 Å². The van der Waals surface area contributed by atoms with E-state index in [1.807, 2.05) is 36.4 Å². The minimum atomic E-state index is -0.621. The Hall–Kier alpha value is -2.69. The van der Waals surface area contributed by atoms with Crippen molar-refractivity contribution in [3.05, 3.63) is 59.9 Å². The van der Waals surface area contributed by atoms with E-state index < -0.39 is 11.8 Å². The summed E-state index contributed by atoms with van der Waals surface area (Å²) < 4.78 is 0. The number of carbonyl (C=O) groups is 2. The number of pyridine rings is 1. The molecule has 0 fully saturated rings. The third kappa shape index (κ3) is 4.91. The second-order valence-electron chi connectivity index (χ2n) is 6.06. The molecule has 0 bridgehead atoms. The normalized spacial score (nSPS) is 10.5. The molecule has 0 atom stereocenters. The number of rotatable bonds is 5. The van der Waals surface area contributed by atoms with E-state index in [0.29, 0.717) is 24.6 Å². The largest absolute Gasteiger partial charge is 0.337 e. The average molecular weight is 325 g/mol. The maximum Gasteiger partial charge on any atom is 0.313 e. The Bertz CT molecular complexity index is 682. The fourth-order valence-corrected chi connectivity index (χ4v) is 2.26. The van der Waals surface area contributed by atoms with Gasteiger partial charge in [-0.15, -0.1) is 0 Å². The van der Waals surface area contributed by atoms with Gasteiger partial charge in [-0.05, 0) is 47.7 Å². The zero-order chi connectivity index (χ0) is 17.5. The van der Waals surface area contributed by atoms with Gasteiger partial charge in [0, 0.05) is 31.7 Å². The topological polar surface area (TPSA) is 62.3 Å². The molecule has 0 saturated carbocycles. The Morgan fingerprint density at radius 2 is 1.71 bits per heavy atom. The molecule has 2 amide bonds. The first-order valence-corrected chi connectivity index (χ1v) is 8.02. The molecule has 1 aromatic heterocycles. The van der Waals surface area contributed by atoms with Crippen LogP contribution in [0.25, 0.3) is 0 Å². The molecule has 0 aliphatic heterocycles. The van der Waals surface area contributed by atoms with Gasteiger partial charge in [0.2, 0.25) is 0 Å². The molecule has 0 spiro atoms. The van der Waals surface area contributed by atoms with Crippen LogP contribution in [0, 0.1) is 0 Å². The number of amides is 2. The van der Waals surface area contributed by atoms with Gasteiger partial charge in [0.1, 0.15) is 0 Å². The molecule has 5 heteroatoms. The Balaban J connectivity index is 1.87. The number of hydrogen-bond acceptors (Lipinski definition) is 3. The second-order valence-corrected chi connectivity index (χ2v) is 6.06. The zero-order valence-electron chi connectivity index (χ0n) is 14.3. The third-order valence-electron chi connectivity index (χ3n) is 3.86. The molecule has 2 rings (SSSR count). The van der Waals surface area contributed by atoms with Gasteiger partial charge in [0.15, 0.2) is 0 Å². The molecule has 0 aliphatic rings. The number of likely N-dealkylation sites (N-methyl/N-ethyl adjacent to an activating group) is 1. The minimum Gasteiger partial charge on any atom is -0.337 e. The standard InChI is InChI=1S/C19H23N3O2/c1-14(2)16-4-6-17(7-5-16)21-18(23)19(24)22(3)13-10-15-8-11-20-12-9-15/h4-9,11-12,14H,10,13H2,1-3H3,(H,21,23). The lowest BCUT2D eigenvalue weighted by atomic mass is 10.0. The van der Waals surface area contributed by atoms with Crippen molar-refractivity contribution in [3.8, 4) is 0 Å². The molecule has 0 aliphatic carbocycles. The Labute approximate surface area is 142 Å². The Morgan fingerprint density at radius 3 is 2.29 bits per heavy atom. The number of nitrogens with zero attached hydrogens (tertiary/aromatic N) is 2. The van der Waals surface area contributed by atoms with Crippen LogP contribution in [0.1, 0.15) is 30.9 Å². The lowest BCUT2D eigenvalue weighted by Gasteiger charge is -2.16. The van der Waals surface area contributed by atoms with Crippen LogP contribution >= 0.6 is 0 Å². The van der Waals surface area contributed by atoms with Crippen LogP contribution in [0.3, 0.4) is 0 Å². The van der Waals surface area contributed by atoms with Crippen LogP contribution in [0.15, 0.2) is 48.8 Å². The van der Waals surface area contributed by atoms with Crippen molar-refractivity contribution < 1.29 is 9.59 Å². The summed E-state index contributed by atoms with van der Waals surface area (Å²) in [7, 11) is 1.63. The molecule has 24 heavy (non-hydrogen) atoms. The summed E-state index contributed by atoms with van der Waals surface area (Å²) >= 11 is 0. The molecule has 1 N–H and O–H groups in total. The van der Waals surface area contributed by atoms with E-state index in [1.54, 1.807) is 19.4 Å². The van der Waals surface area contributed by atoms with Crippen molar-refractivity contribution >= 4 is 17.5 Å². The van der Waals surface area contributed by atoms with E-state index in [1.165, 1.54) is 10.5 Å². The SMILES string of the molecule is CC(C)c1ccc(NC(=O)C(=O)N(C)CCc2ccncc2)cc1. The van der Waals surface area contributed by atoms with E-state index in [4.69, 9.17) is 0 Å². The zero-order valence-corrected chi connectivity index (χ0v) is 14.3. The van der Waals surface area contributed by atoms with Gasteiger partial charge >= 0.3 is 11.8 Å². The van der Waals surface area contributed by atoms with Crippen molar-refractivity contribution in [2.75, 3.05) is 18.9 Å². The van der Waals surface area contributed by atoms with Crippen LogP contribution in [0.5, 0.6) is 0 Å². The summed E-state index contributed by atoms with van der Waals surface area (Å²) in [5.74, 6) is -0.739.